The molecule has 1 unspecified atom stereocenters. The van der Waals surface area contributed by atoms with E-state index in [2.05, 4.69) is 26.2 Å². The molecule has 94 valence electrons. The molecule has 1 heterocycles. The maximum absolute atomic E-state index is 14.0. The van der Waals surface area contributed by atoms with Gasteiger partial charge < -0.3 is 5.32 Å². The molecule has 0 bridgehead atoms. The molecule has 1 aromatic heterocycles. The molecule has 0 radical (unpaired) electrons. The molecule has 0 saturated heterocycles. The minimum atomic E-state index is -0.231. The Balaban J connectivity index is 2.52. The van der Waals surface area contributed by atoms with E-state index in [0.29, 0.717) is 5.56 Å². The monoisotopic (exact) mass is 308 g/mol. The predicted octanol–water partition coefficient (Wildman–Crippen LogP) is 3.60. The van der Waals surface area contributed by atoms with Gasteiger partial charge in [0.1, 0.15) is 5.82 Å². The number of benzene rings is 1. The zero-order chi connectivity index (χ0) is 13.1. The van der Waals surface area contributed by atoms with Crippen LogP contribution in [0.2, 0.25) is 0 Å². The van der Waals surface area contributed by atoms with E-state index >= 15 is 0 Å². The van der Waals surface area contributed by atoms with Crippen molar-refractivity contribution in [2.75, 3.05) is 7.05 Å². The smallest absolute Gasteiger partial charge is 0.129 e. The third kappa shape index (κ3) is 2.60. The van der Waals surface area contributed by atoms with E-state index in [4.69, 9.17) is 0 Å². The van der Waals surface area contributed by atoms with Crippen molar-refractivity contribution in [1.82, 2.24) is 10.3 Å². The quantitative estimate of drug-likeness (QED) is 0.937. The fraction of sp³-hybridized carbons (Fsp3) is 0.214. The maximum Gasteiger partial charge on any atom is 0.129 e. The molecule has 1 aromatic carbocycles. The summed E-state index contributed by atoms with van der Waals surface area (Å²) in [6.45, 7) is 1.97. The Bertz CT molecular complexity index is 537. The molecule has 0 saturated carbocycles. The van der Waals surface area contributed by atoms with Crippen molar-refractivity contribution >= 4 is 15.9 Å². The largest absolute Gasteiger partial charge is 0.309 e. The molecular weight excluding hydrogens is 295 g/mol. The van der Waals surface area contributed by atoms with E-state index in [-0.39, 0.29) is 11.9 Å². The number of aryl methyl sites for hydroxylation is 1. The second-order valence-electron chi connectivity index (χ2n) is 4.15. The number of hydrogen-bond donors (Lipinski definition) is 1. The molecule has 0 fully saturated rings. The average Bonchev–Trinajstić information content (AvgIpc) is 2.34. The van der Waals surface area contributed by atoms with Crippen LogP contribution in [-0.4, -0.2) is 12.0 Å². The minimum absolute atomic E-state index is 0.215. The SMILES string of the molecule is CNC(c1cncc(C)c1)c1c(F)cccc1Br. The summed E-state index contributed by atoms with van der Waals surface area (Å²) in [5.41, 5.74) is 2.61. The van der Waals surface area contributed by atoms with E-state index < -0.39 is 0 Å². The number of pyridine rings is 1. The van der Waals surface area contributed by atoms with Gasteiger partial charge in [-0.3, -0.25) is 4.98 Å². The number of nitrogens with zero attached hydrogens (tertiary/aromatic N) is 1. The number of aromatic nitrogens is 1. The second-order valence-corrected chi connectivity index (χ2v) is 5.01. The van der Waals surface area contributed by atoms with Gasteiger partial charge in [0.15, 0.2) is 0 Å². The Kier molecular flexibility index (Phi) is 4.09. The Morgan fingerprint density at radius 1 is 1.33 bits per heavy atom. The Labute approximate surface area is 114 Å². The van der Waals surface area contributed by atoms with Crippen LogP contribution in [0.15, 0.2) is 41.1 Å². The lowest BCUT2D eigenvalue weighted by Crippen LogP contribution is -2.19. The highest BCUT2D eigenvalue weighted by Crippen LogP contribution is 2.30. The molecule has 18 heavy (non-hydrogen) atoms. The lowest BCUT2D eigenvalue weighted by Gasteiger charge is -2.19. The summed E-state index contributed by atoms with van der Waals surface area (Å²) < 4.78 is 14.7. The highest BCUT2D eigenvalue weighted by atomic mass is 79.9. The van der Waals surface area contributed by atoms with E-state index in [0.717, 1.165) is 15.6 Å². The highest BCUT2D eigenvalue weighted by Gasteiger charge is 2.19. The molecule has 0 spiro atoms. The summed E-state index contributed by atoms with van der Waals surface area (Å²) >= 11 is 3.40. The minimum Gasteiger partial charge on any atom is -0.309 e. The van der Waals surface area contributed by atoms with Crippen molar-refractivity contribution in [2.24, 2.45) is 0 Å². The van der Waals surface area contributed by atoms with Gasteiger partial charge in [-0.15, -0.1) is 0 Å². The lowest BCUT2D eigenvalue weighted by molar-refractivity contribution is 0.573. The summed E-state index contributed by atoms with van der Waals surface area (Å²) in [6, 6.07) is 6.78. The summed E-state index contributed by atoms with van der Waals surface area (Å²) in [5, 5.41) is 3.13. The summed E-state index contributed by atoms with van der Waals surface area (Å²) in [4.78, 5) is 4.16. The van der Waals surface area contributed by atoms with E-state index in [9.17, 15) is 4.39 Å². The summed E-state index contributed by atoms with van der Waals surface area (Å²) in [7, 11) is 1.81. The molecular formula is C14H14BrFN2. The molecule has 1 N–H and O–H groups in total. The molecule has 2 rings (SSSR count). The van der Waals surface area contributed by atoms with Crippen LogP contribution in [0.1, 0.15) is 22.7 Å². The first-order chi connectivity index (χ1) is 8.63. The van der Waals surface area contributed by atoms with Crippen molar-refractivity contribution in [3.05, 3.63) is 63.6 Å². The number of nitrogens with one attached hydrogen (secondary N) is 1. The van der Waals surface area contributed by atoms with Crippen molar-refractivity contribution in [2.45, 2.75) is 13.0 Å². The Hall–Kier alpha value is -1.26. The van der Waals surface area contributed by atoms with Gasteiger partial charge >= 0.3 is 0 Å². The van der Waals surface area contributed by atoms with Crippen molar-refractivity contribution < 1.29 is 4.39 Å². The Morgan fingerprint density at radius 3 is 2.72 bits per heavy atom. The normalized spacial score (nSPS) is 12.4. The van der Waals surface area contributed by atoms with Crippen LogP contribution < -0.4 is 5.32 Å². The van der Waals surface area contributed by atoms with E-state index in [1.807, 2.05) is 26.1 Å². The van der Waals surface area contributed by atoms with Crippen molar-refractivity contribution in [1.29, 1.82) is 0 Å². The first-order valence-electron chi connectivity index (χ1n) is 5.66. The second kappa shape index (κ2) is 5.59. The summed E-state index contributed by atoms with van der Waals surface area (Å²) in [5.74, 6) is -0.231. The average molecular weight is 309 g/mol. The third-order valence-corrected chi connectivity index (χ3v) is 3.50. The molecule has 0 amide bonds. The van der Waals surface area contributed by atoms with Gasteiger partial charge in [-0.2, -0.15) is 0 Å². The van der Waals surface area contributed by atoms with Crippen molar-refractivity contribution in [3.63, 3.8) is 0 Å². The van der Waals surface area contributed by atoms with Gasteiger partial charge in [-0.25, -0.2) is 4.39 Å². The number of halogens is 2. The molecule has 1 atom stereocenters. The lowest BCUT2D eigenvalue weighted by atomic mass is 9.99. The van der Waals surface area contributed by atoms with E-state index in [1.165, 1.54) is 6.07 Å². The fourth-order valence-corrected chi connectivity index (χ4v) is 2.57. The predicted molar refractivity (Wildman–Crippen MR) is 74.0 cm³/mol. The number of hydrogen-bond acceptors (Lipinski definition) is 2. The van der Waals surface area contributed by atoms with Crippen LogP contribution in [0.5, 0.6) is 0 Å². The van der Waals surface area contributed by atoms with Gasteiger partial charge in [0.05, 0.1) is 6.04 Å². The number of rotatable bonds is 3. The van der Waals surface area contributed by atoms with Gasteiger partial charge in [0.25, 0.3) is 0 Å². The van der Waals surface area contributed by atoms with Crippen LogP contribution in [0, 0.1) is 12.7 Å². The zero-order valence-corrected chi connectivity index (χ0v) is 11.8. The maximum atomic E-state index is 14.0. The zero-order valence-electron chi connectivity index (χ0n) is 10.2. The van der Waals surface area contributed by atoms with Crippen LogP contribution >= 0.6 is 15.9 Å². The fourth-order valence-electron chi connectivity index (χ4n) is 2.00. The van der Waals surface area contributed by atoms with Gasteiger partial charge in [-0.1, -0.05) is 28.1 Å². The van der Waals surface area contributed by atoms with Crippen LogP contribution in [-0.2, 0) is 0 Å². The molecule has 0 aliphatic heterocycles. The van der Waals surface area contributed by atoms with Gasteiger partial charge in [0.2, 0.25) is 0 Å². The van der Waals surface area contributed by atoms with Crippen LogP contribution in [0.25, 0.3) is 0 Å². The van der Waals surface area contributed by atoms with Crippen molar-refractivity contribution in [3.8, 4) is 0 Å². The Morgan fingerprint density at radius 2 is 2.11 bits per heavy atom. The highest BCUT2D eigenvalue weighted by molar-refractivity contribution is 9.10. The topological polar surface area (TPSA) is 24.9 Å². The first kappa shape index (κ1) is 13.2. The molecule has 0 aliphatic rings. The van der Waals surface area contributed by atoms with E-state index in [1.54, 1.807) is 18.5 Å². The molecule has 2 nitrogen and oxygen atoms in total. The third-order valence-electron chi connectivity index (χ3n) is 2.81. The first-order valence-corrected chi connectivity index (χ1v) is 6.45. The molecule has 0 aliphatic carbocycles. The molecule has 4 heteroatoms. The van der Waals surface area contributed by atoms with Gasteiger partial charge in [-0.05, 0) is 37.2 Å². The van der Waals surface area contributed by atoms with Gasteiger partial charge in [0, 0.05) is 22.4 Å². The van der Waals surface area contributed by atoms with Crippen LogP contribution in [0.3, 0.4) is 0 Å². The van der Waals surface area contributed by atoms with Crippen LogP contribution in [0.4, 0.5) is 4.39 Å². The molecule has 2 aromatic rings. The standard InChI is InChI=1S/C14H14BrFN2/c1-9-6-10(8-18-7-9)14(17-2)13-11(15)4-3-5-12(13)16/h3-8,14,17H,1-2H3. The summed E-state index contributed by atoms with van der Waals surface area (Å²) in [6.07, 6.45) is 3.54.